The van der Waals surface area contributed by atoms with Crippen LogP contribution in [0.25, 0.3) is 67.3 Å². The van der Waals surface area contributed by atoms with Crippen molar-refractivity contribution in [3.63, 3.8) is 0 Å². The molecule has 6 aromatic carbocycles. The summed E-state index contributed by atoms with van der Waals surface area (Å²) in [4.78, 5) is 10.00. The second kappa shape index (κ2) is 11.5. The monoisotopic (exact) mass is 536 g/mol. The predicted octanol–water partition coefficient (Wildman–Crippen LogP) is 10.5. The van der Waals surface area contributed by atoms with E-state index in [4.69, 9.17) is 9.97 Å². The molecule has 0 amide bonds. The molecule has 0 aliphatic carbocycles. The van der Waals surface area contributed by atoms with Gasteiger partial charge in [0.25, 0.3) is 0 Å². The highest BCUT2D eigenvalue weighted by atomic mass is 14.9. The van der Waals surface area contributed by atoms with E-state index in [0.717, 1.165) is 33.6 Å². The molecule has 0 saturated carbocycles. The van der Waals surface area contributed by atoms with Crippen LogP contribution in [0.15, 0.2) is 170 Å². The molecule has 1 heterocycles. The summed E-state index contributed by atoms with van der Waals surface area (Å²) in [7, 11) is 0. The first-order valence-electron chi connectivity index (χ1n) is 14.2. The molecule has 1 aromatic heterocycles. The second-order valence-corrected chi connectivity index (χ2v) is 10.3. The molecule has 7 rings (SSSR count). The van der Waals surface area contributed by atoms with Crippen molar-refractivity contribution in [2.45, 2.75) is 0 Å². The lowest BCUT2D eigenvalue weighted by Gasteiger charge is -2.12. The van der Waals surface area contributed by atoms with Gasteiger partial charge in [-0.15, -0.1) is 0 Å². The Bertz CT molecular complexity index is 1670. The van der Waals surface area contributed by atoms with Crippen molar-refractivity contribution in [2.24, 2.45) is 0 Å². The summed E-state index contributed by atoms with van der Waals surface area (Å²) >= 11 is 0. The number of hydrogen-bond acceptors (Lipinski definition) is 2. The molecule has 0 saturated heterocycles. The van der Waals surface area contributed by atoms with Crippen LogP contribution in [0.5, 0.6) is 0 Å². The maximum Gasteiger partial charge on any atom is 0.160 e. The average molecular weight is 537 g/mol. The largest absolute Gasteiger partial charge is 0.228 e. The number of nitrogens with zero attached hydrogens (tertiary/aromatic N) is 2. The average Bonchev–Trinajstić information content (AvgIpc) is 3.09. The number of benzene rings is 6. The quantitative estimate of drug-likeness (QED) is 0.211. The molecule has 198 valence electrons. The summed E-state index contributed by atoms with van der Waals surface area (Å²) in [6.07, 6.45) is 0. The minimum absolute atomic E-state index is 0.713. The van der Waals surface area contributed by atoms with Gasteiger partial charge in [-0.25, -0.2) is 9.97 Å². The van der Waals surface area contributed by atoms with Gasteiger partial charge in [0.05, 0.1) is 11.4 Å². The maximum absolute atomic E-state index is 5.00. The third-order valence-corrected chi connectivity index (χ3v) is 7.49. The molecule has 2 nitrogen and oxygen atoms in total. The van der Waals surface area contributed by atoms with E-state index in [-0.39, 0.29) is 0 Å². The van der Waals surface area contributed by atoms with Crippen LogP contribution in [0.2, 0.25) is 0 Å². The zero-order valence-electron chi connectivity index (χ0n) is 23.1. The Balaban J connectivity index is 1.31. The molecule has 0 radical (unpaired) electrons. The predicted molar refractivity (Wildman–Crippen MR) is 175 cm³/mol. The van der Waals surface area contributed by atoms with Crippen molar-refractivity contribution >= 4 is 0 Å². The van der Waals surface area contributed by atoms with Crippen molar-refractivity contribution in [1.29, 1.82) is 0 Å². The van der Waals surface area contributed by atoms with Gasteiger partial charge in [-0.2, -0.15) is 0 Å². The molecule has 0 spiro atoms. The number of rotatable bonds is 6. The van der Waals surface area contributed by atoms with Crippen molar-refractivity contribution in [1.82, 2.24) is 9.97 Å². The zero-order chi connectivity index (χ0) is 28.1. The highest BCUT2D eigenvalue weighted by Gasteiger charge is 2.12. The Labute approximate surface area is 246 Å². The number of hydrogen-bond donors (Lipinski definition) is 0. The van der Waals surface area contributed by atoms with Gasteiger partial charge in [0.1, 0.15) is 0 Å². The normalized spacial score (nSPS) is 10.9. The first-order valence-corrected chi connectivity index (χ1v) is 14.2. The highest BCUT2D eigenvalue weighted by molar-refractivity contribution is 5.82. The van der Waals surface area contributed by atoms with Crippen LogP contribution in [0, 0.1) is 0 Å². The van der Waals surface area contributed by atoms with E-state index in [0.29, 0.717) is 5.82 Å². The molecule has 0 aliphatic rings. The Hall–Kier alpha value is -5.60. The van der Waals surface area contributed by atoms with Crippen LogP contribution in [0.3, 0.4) is 0 Å². The maximum atomic E-state index is 5.00. The van der Waals surface area contributed by atoms with E-state index in [1.165, 1.54) is 27.8 Å². The first-order chi connectivity index (χ1) is 20.8. The van der Waals surface area contributed by atoms with Crippen LogP contribution in [0.1, 0.15) is 0 Å². The topological polar surface area (TPSA) is 25.8 Å². The van der Waals surface area contributed by atoms with E-state index >= 15 is 0 Å². The fourth-order valence-electron chi connectivity index (χ4n) is 5.29. The molecule has 0 atom stereocenters. The first kappa shape index (κ1) is 25.4. The standard InChI is InChI=1S/C40H28N2/c1-5-13-29(14-6-1)35-25-36(30-15-7-2-8-16-30)27-37(26-35)31-21-23-34(24-22-31)40-41-38(32-17-9-3-10-18-32)28-39(42-40)33-19-11-4-12-20-33/h1-28H. The van der Waals surface area contributed by atoms with Crippen molar-refractivity contribution < 1.29 is 0 Å². The highest BCUT2D eigenvalue weighted by Crippen LogP contribution is 2.34. The van der Waals surface area contributed by atoms with Gasteiger partial charge in [0.2, 0.25) is 0 Å². The molecule has 0 unspecified atom stereocenters. The third kappa shape index (κ3) is 5.39. The third-order valence-electron chi connectivity index (χ3n) is 7.49. The molecule has 2 heteroatoms. The lowest BCUT2D eigenvalue weighted by Crippen LogP contribution is -1.96. The van der Waals surface area contributed by atoms with E-state index in [1.807, 2.05) is 36.4 Å². The lowest BCUT2D eigenvalue weighted by molar-refractivity contribution is 1.18. The Morgan fingerprint density at radius 1 is 0.238 bits per heavy atom. The van der Waals surface area contributed by atoms with E-state index in [1.54, 1.807) is 0 Å². The Kier molecular flexibility index (Phi) is 6.94. The van der Waals surface area contributed by atoms with Gasteiger partial charge in [-0.05, 0) is 57.6 Å². The smallest absolute Gasteiger partial charge is 0.160 e. The van der Waals surface area contributed by atoms with Crippen LogP contribution in [-0.2, 0) is 0 Å². The summed E-state index contributed by atoms with van der Waals surface area (Å²) in [5.41, 5.74) is 12.1. The molecule has 0 fully saturated rings. The summed E-state index contributed by atoms with van der Waals surface area (Å²) < 4.78 is 0. The van der Waals surface area contributed by atoms with Crippen LogP contribution in [0.4, 0.5) is 0 Å². The lowest BCUT2D eigenvalue weighted by atomic mass is 9.93. The van der Waals surface area contributed by atoms with Gasteiger partial charge in [0.15, 0.2) is 5.82 Å². The van der Waals surface area contributed by atoms with Crippen LogP contribution in [-0.4, -0.2) is 9.97 Å². The van der Waals surface area contributed by atoms with Gasteiger partial charge in [0, 0.05) is 16.7 Å². The summed E-state index contributed by atoms with van der Waals surface area (Å²) in [5, 5.41) is 0. The van der Waals surface area contributed by atoms with Crippen LogP contribution < -0.4 is 0 Å². The molecule has 0 aliphatic heterocycles. The van der Waals surface area contributed by atoms with E-state index in [9.17, 15) is 0 Å². The molecule has 0 N–H and O–H groups in total. The summed E-state index contributed by atoms with van der Waals surface area (Å²) in [6, 6.07) is 59.2. The molecule has 0 bridgehead atoms. The zero-order valence-corrected chi connectivity index (χ0v) is 23.1. The minimum Gasteiger partial charge on any atom is -0.228 e. The van der Waals surface area contributed by atoms with Gasteiger partial charge in [-0.3, -0.25) is 0 Å². The Morgan fingerprint density at radius 2 is 0.548 bits per heavy atom. The molecule has 42 heavy (non-hydrogen) atoms. The van der Waals surface area contributed by atoms with Gasteiger partial charge >= 0.3 is 0 Å². The minimum atomic E-state index is 0.713. The fourth-order valence-corrected chi connectivity index (χ4v) is 5.29. The van der Waals surface area contributed by atoms with Crippen LogP contribution >= 0.6 is 0 Å². The van der Waals surface area contributed by atoms with Gasteiger partial charge in [-0.1, -0.05) is 146 Å². The molecular formula is C40H28N2. The van der Waals surface area contributed by atoms with Crippen molar-refractivity contribution in [2.75, 3.05) is 0 Å². The second-order valence-electron chi connectivity index (χ2n) is 10.3. The van der Waals surface area contributed by atoms with E-state index in [2.05, 4.69) is 133 Å². The Morgan fingerprint density at radius 3 is 0.929 bits per heavy atom. The van der Waals surface area contributed by atoms with Gasteiger partial charge < -0.3 is 0 Å². The van der Waals surface area contributed by atoms with Crippen molar-refractivity contribution in [3.8, 4) is 67.3 Å². The fraction of sp³-hybridized carbons (Fsp3) is 0. The summed E-state index contributed by atoms with van der Waals surface area (Å²) in [6.45, 7) is 0. The molecular weight excluding hydrogens is 508 g/mol. The molecule has 7 aromatic rings. The SMILES string of the molecule is c1ccc(-c2cc(-c3ccccc3)cc(-c3ccc(-c4nc(-c5ccccc5)cc(-c5ccccc5)n4)cc3)c2)cc1. The number of aromatic nitrogens is 2. The van der Waals surface area contributed by atoms with E-state index < -0.39 is 0 Å². The summed E-state index contributed by atoms with van der Waals surface area (Å²) in [5.74, 6) is 0.713. The van der Waals surface area contributed by atoms with Crippen molar-refractivity contribution in [3.05, 3.63) is 170 Å².